The molecule has 0 heterocycles. The number of fused-ring (bicyclic) bond motifs is 5. The number of allylic oxidation sites excluding steroid dienone is 2. The zero-order valence-electron chi connectivity index (χ0n) is 18.1. The highest BCUT2D eigenvalue weighted by Crippen LogP contribution is 2.54. The number of aliphatic hydroxyl groups is 1. The van der Waals surface area contributed by atoms with E-state index in [2.05, 4.69) is 99.7 Å². The van der Waals surface area contributed by atoms with Crippen LogP contribution in [0.5, 0.6) is 0 Å². The fourth-order valence-corrected chi connectivity index (χ4v) is 11.0. The summed E-state index contributed by atoms with van der Waals surface area (Å²) in [5, 5.41) is 13.3. The Labute approximate surface area is 181 Å². The lowest BCUT2D eigenvalue weighted by Gasteiger charge is -2.48. The molecule has 0 amide bonds. The quantitative estimate of drug-likeness (QED) is 0.595. The third kappa shape index (κ3) is 2.98. The summed E-state index contributed by atoms with van der Waals surface area (Å²) in [6.07, 6.45) is 9.71. The lowest BCUT2D eigenvalue weighted by Crippen LogP contribution is -2.68. The third-order valence-corrected chi connectivity index (χ3v) is 12.6. The average Bonchev–Trinajstić information content (AvgIpc) is 3.37. The molecule has 0 unspecified atom stereocenters. The maximum absolute atomic E-state index is 10.7. The Kier molecular flexibility index (Phi) is 4.88. The molecule has 3 aliphatic carbocycles. The van der Waals surface area contributed by atoms with E-state index in [0.29, 0.717) is 17.8 Å². The fraction of sp³-hybridized carbons (Fsp3) is 0.407. The Bertz CT molecular complexity index is 904. The van der Waals surface area contributed by atoms with Crippen LogP contribution < -0.4 is 10.4 Å². The standard InChI is InChI=1S/C27H32O2Si/c1-27(2,3)30(21-10-6-4-7-11-21,22-12-8-5-9-13-22)29-24-17-16-23(28)25-19-14-15-20(18-19)26(24)25/h4-17,19-20,23-26,28H,18H2,1-3H3/t19-,20+,23+,24-,25+,26-/m0/s1. The van der Waals surface area contributed by atoms with Crippen LogP contribution in [0.4, 0.5) is 0 Å². The Morgan fingerprint density at radius 1 is 0.767 bits per heavy atom. The zero-order valence-corrected chi connectivity index (χ0v) is 19.1. The Morgan fingerprint density at radius 2 is 1.30 bits per heavy atom. The zero-order chi connectivity index (χ0) is 20.9. The van der Waals surface area contributed by atoms with Gasteiger partial charge in [-0.3, -0.25) is 0 Å². The highest BCUT2D eigenvalue weighted by Gasteiger charge is 2.56. The topological polar surface area (TPSA) is 29.5 Å². The number of hydrogen-bond donors (Lipinski definition) is 1. The summed E-state index contributed by atoms with van der Waals surface area (Å²) in [4.78, 5) is 0. The normalized spacial score (nSPS) is 32.4. The van der Waals surface area contributed by atoms with E-state index in [-0.39, 0.29) is 23.2 Å². The van der Waals surface area contributed by atoms with Crippen molar-refractivity contribution in [2.75, 3.05) is 0 Å². The number of hydrogen-bond acceptors (Lipinski definition) is 2. The molecule has 30 heavy (non-hydrogen) atoms. The summed E-state index contributed by atoms with van der Waals surface area (Å²) in [6, 6.07) is 21.7. The number of benzene rings is 2. The molecule has 2 aromatic rings. The second kappa shape index (κ2) is 7.33. The maximum Gasteiger partial charge on any atom is 0.261 e. The second-order valence-electron chi connectivity index (χ2n) is 10.2. The van der Waals surface area contributed by atoms with E-state index in [9.17, 15) is 5.11 Å². The van der Waals surface area contributed by atoms with Gasteiger partial charge in [-0.05, 0) is 39.6 Å². The van der Waals surface area contributed by atoms with Gasteiger partial charge < -0.3 is 9.53 Å². The van der Waals surface area contributed by atoms with Crippen molar-refractivity contribution in [2.24, 2.45) is 23.7 Å². The van der Waals surface area contributed by atoms with Crippen molar-refractivity contribution >= 4 is 18.7 Å². The molecule has 0 aliphatic heterocycles. The van der Waals surface area contributed by atoms with E-state index < -0.39 is 8.32 Å². The molecule has 6 atom stereocenters. The van der Waals surface area contributed by atoms with Crippen LogP contribution in [0.25, 0.3) is 0 Å². The van der Waals surface area contributed by atoms with Crippen molar-refractivity contribution < 1.29 is 9.53 Å². The van der Waals surface area contributed by atoms with Gasteiger partial charge in [0, 0.05) is 5.92 Å². The van der Waals surface area contributed by atoms with Crippen LogP contribution >= 0.6 is 0 Å². The van der Waals surface area contributed by atoms with Crippen LogP contribution in [0.1, 0.15) is 27.2 Å². The van der Waals surface area contributed by atoms with E-state index in [1.165, 1.54) is 10.4 Å². The molecule has 0 saturated heterocycles. The molecule has 2 aromatic carbocycles. The number of aliphatic hydroxyl groups excluding tert-OH is 1. The summed E-state index contributed by atoms with van der Waals surface area (Å²) in [7, 11) is -2.60. The van der Waals surface area contributed by atoms with Crippen LogP contribution in [0.3, 0.4) is 0 Å². The molecule has 0 aromatic heterocycles. The molecule has 2 nitrogen and oxygen atoms in total. The van der Waals surface area contributed by atoms with Crippen molar-refractivity contribution in [3.8, 4) is 0 Å². The highest BCUT2D eigenvalue weighted by atomic mass is 28.4. The van der Waals surface area contributed by atoms with Gasteiger partial charge in [0.05, 0.1) is 12.2 Å². The van der Waals surface area contributed by atoms with Gasteiger partial charge in [0.15, 0.2) is 0 Å². The minimum Gasteiger partial charge on any atom is -0.401 e. The first-order chi connectivity index (χ1) is 14.4. The van der Waals surface area contributed by atoms with Crippen LogP contribution in [0.2, 0.25) is 5.04 Å². The molecule has 0 radical (unpaired) electrons. The van der Waals surface area contributed by atoms with E-state index in [1.54, 1.807) is 0 Å². The van der Waals surface area contributed by atoms with E-state index >= 15 is 0 Å². The Morgan fingerprint density at radius 3 is 1.83 bits per heavy atom. The summed E-state index contributed by atoms with van der Waals surface area (Å²) < 4.78 is 7.44. The maximum atomic E-state index is 10.7. The summed E-state index contributed by atoms with van der Waals surface area (Å²) in [6.45, 7) is 7.00. The average molecular weight is 417 g/mol. The van der Waals surface area contributed by atoms with Gasteiger partial charge >= 0.3 is 0 Å². The van der Waals surface area contributed by atoms with Crippen molar-refractivity contribution in [3.63, 3.8) is 0 Å². The summed E-state index contributed by atoms with van der Waals surface area (Å²) in [5.41, 5.74) is 0. The predicted octanol–water partition coefficient (Wildman–Crippen LogP) is 4.30. The lowest BCUT2D eigenvalue weighted by molar-refractivity contribution is 0.0343. The van der Waals surface area contributed by atoms with Crippen LogP contribution in [0.15, 0.2) is 85.0 Å². The van der Waals surface area contributed by atoms with Crippen molar-refractivity contribution in [1.82, 2.24) is 0 Å². The predicted molar refractivity (Wildman–Crippen MR) is 125 cm³/mol. The van der Waals surface area contributed by atoms with Gasteiger partial charge in [-0.2, -0.15) is 0 Å². The first kappa shape index (κ1) is 20.0. The van der Waals surface area contributed by atoms with E-state index in [0.717, 1.165) is 6.42 Å². The van der Waals surface area contributed by atoms with Crippen molar-refractivity contribution in [3.05, 3.63) is 85.0 Å². The molecule has 5 rings (SSSR count). The smallest absolute Gasteiger partial charge is 0.261 e. The highest BCUT2D eigenvalue weighted by molar-refractivity contribution is 6.99. The molecule has 0 spiro atoms. The first-order valence-corrected chi connectivity index (χ1v) is 13.2. The summed E-state index contributed by atoms with van der Waals surface area (Å²) >= 11 is 0. The van der Waals surface area contributed by atoms with Crippen molar-refractivity contribution in [1.29, 1.82) is 0 Å². The number of rotatable bonds is 4. The van der Waals surface area contributed by atoms with Gasteiger partial charge in [0.1, 0.15) is 0 Å². The Balaban J connectivity index is 1.65. The SMILES string of the molecule is CC(C)(C)[Si](O[C@H]1C=C[C@@H](O)[C@@H]2[C@H]1[C@@H]1C=C[C@H]2C1)(c1ccccc1)c1ccccc1. The van der Waals surface area contributed by atoms with Crippen molar-refractivity contribution in [2.45, 2.75) is 44.4 Å². The van der Waals surface area contributed by atoms with E-state index in [1.807, 2.05) is 6.08 Å². The van der Waals surface area contributed by atoms with Gasteiger partial charge in [-0.1, -0.05) is 106 Å². The molecule has 3 heteroatoms. The molecular weight excluding hydrogens is 384 g/mol. The van der Waals surface area contributed by atoms with Crippen LogP contribution in [-0.2, 0) is 4.43 Å². The van der Waals surface area contributed by atoms with Crippen LogP contribution in [0, 0.1) is 23.7 Å². The van der Waals surface area contributed by atoms with Gasteiger partial charge in [0.2, 0.25) is 0 Å². The summed E-state index contributed by atoms with van der Waals surface area (Å²) in [5.74, 6) is 1.66. The largest absolute Gasteiger partial charge is 0.401 e. The molecule has 3 aliphatic rings. The molecular formula is C27H32O2Si. The minimum atomic E-state index is -2.60. The third-order valence-electron chi connectivity index (χ3n) is 7.58. The molecule has 1 N–H and O–H groups in total. The second-order valence-corrected chi connectivity index (χ2v) is 14.5. The molecule has 1 fully saturated rings. The fourth-order valence-electron chi connectivity index (χ4n) is 6.34. The Hall–Kier alpha value is -1.94. The monoisotopic (exact) mass is 416 g/mol. The van der Waals surface area contributed by atoms with Crippen LogP contribution in [-0.4, -0.2) is 25.6 Å². The minimum absolute atomic E-state index is 0.0321. The molecule has 156 valence electrons. The van der Waals surface area contributed by atoms with Gasteiger partial charge in [-0.25, -0.2) is 0 Å². The van der Waals surface area contributed by atoms with E-state index in [4.69, 9.17) is 4.43 Å². The molecule has 2 bridgehead atoms. The van der Waals surface area contributed by atoms with Gasteiger partial charge in [-0.15, -0.1) is 0 Å². The lowest BCUT2D eigenvalue weighted by atomic mass is 9.73. The van der Waals surface area contributed by atoms with Gasteiger partial charge in [0.25, 0.3) is 8.32 Å². The first-order valence-electron chi connectivity index (χ1n) is 11.3. The molecule has 1 saturated carbocycles.